The lowest BCUT2D eigenvalue weighted by Crippen LogP contribution is -2.59. The van der Waals surface area contributed by atoms with Gasteiger partial charge in [-0.2, -0.15) is 0 Å². The molecule has 0 spiro atoms. The van der Waals surface area contributed by atoms with Crippen molar-refractivity contribution >= 4 is 0 Å². The van der Waals surface area contributed by atoms with Gasteiger partial charge < -0.3 is 10.5 Å². The van der Waals surface area contributed by atoms with Crippen LogP contribution in [0.25, 0.3) is 0 Å². The predicted molar refractivity (Wildman–Crippen MR) is 84.9 cm³/mol. The predicted octanol–water partition coefficient (Wildman–Crippen LogP) is 3.18. The van der Waals surface area contributed by atoms with E-state index in [0.29, 0.717) is 6.10 Å². The third kappa shape index (κ3) is 3.75. The Bertz CT molecular complexity index is 284. The second-order valence-electron chi connectivity index (χ2n) is 6.86. The maximum Gasteiger partial charge on any atom is 0.0700 e. The molecular weight excluding hydrogens is 248 g/mol. The van der Waals surface area contributed by atoms with Crippen molar-refractivity contribution in [1.82, 2.24) is 4.90 Å². The molecule has 0 bridgehead atoms. The van der Waals surface area contributed by atoms with E-state index in [2.05, 4.69) is 18.7 Å². The van der Waals surface area contributed by atoms with Gasteiger partial charge in [-0.25, -0.2) is 0 Å². The monoisotopic (exact) mass is 282 g/mol. The van der Waals surface area contributed by atoms with E-state index < -0.39 is 0 Å². The molecule has 0 radical (unpaired) electrons. The average molecular weight is 282 g/mol. The van der Waals surface area contributed by atoms with Crippen LogP contribution in [-0.4, -0.2) is 42.8 Å². The van der Waals surface area contributed by atoms with Gasteiger partial charge in [0.2, 0.25) is 0 Å². The molecule has 1 aliphatic heterocycles. The van der Waals surface area contributed by atoms with Crippen molar-refractivity contribution in [1.29, 1.82) is 0 Å². The van der Waals surface area contributed by atoms with Gasteiger partial charge in [0.1, 0.15) is 0 Å². The minimum Gasteiger partial charge on any atom is -0.376 e. The average Bonchev–Trinajstić information content (AvgIpc) is 2.71. The van der Waals surface area contributed by atoms with Gasteiger partial charge in [0.05, 0.1) is 12.7 Å². The van der Waals surface area contributed by atoms with E-state index in [1.807, 2.05) is 0 Å². The molecule has 0 aromatic heterocycles. The number of morpholine rings is 1. The molecule has 3 heteroatoms. The van der Waals surface area contributed by atoms with E-state index in [1.165, 1.54) is 44.9 Å². The minimum atomic E-state index is 0.264. The fourth-order valence-electron chi connectivity index (χ4n) is 4.21. The molecule has 1 saturated heterocycles. The first-order valence-electron chi connectivity index (χ1n) is 8.80. The molecule has 3 unspecified atom stereocenters. The highest BCUT2D eigenvalue weighted by molar-refractivity contribution is 4.96. The number of rotatable bonds is 5. The van der Waals surface area contributed by atoms with Crippen LogP contribution in [0.5, 0.6) is 0 Å². The highest BCUT2D eigenvalue weighted by Gasteiger charge is 2.39. The molecule has 1 heterocycles. The van der Waals surface area contributed by atoms with Crippen LogP contribution in [0.1, 0.15) is 65.2 Å². The van der Waals surface area contributed by atoms with Crippen LogP contribution < -0.4 is 5.73 Å². The van der Waals surface area contributed by atoms with Crippen molar-refractivity contribution in [2.75, 3.05) is 26.2 Å². The summed E-state index contributed by atoms with van der Waals surface area (Å²) >= 11 is 0. The molecule has 2 rings (SSSR count). The highest BCUT2D eigenvalue weighted by Crippen LogP contribution is 2.36. The summed E-state index contributed by atoms with van der Waals surface area (Å²) in [4.78, 5) is 2.68. The molecule has 2 aliphatic rings. The summed E-state index contributed by atoms with van der Waals surface area (Å²) in [5, 5.41) is 0. The zero-order chi connectivity index (χ0) is 14.4. The van der Waals surface area contributed by atoms with E-state index in [4.69, 9.17) is 10.5 Å². The maximum atomic E-state index is 6.26. The standard InChI is InChI=1S/C17H34N2O/c1-3-6-15-7-5-9-17(14-18,10-8-15)19-11-12-20-16(4-2)13-19/h15-16H,3-14,18H2,1-2H3. The van der Waals surface area contributed by atoms with Gasteiger partial charge in [0.15, 0.2) is 0 Å². The summed E-state index contributed by atoms with van der Waals surface area (Å²) in [5.74, 6) is 0.941. The summed E-state index contributed by atoms with van der Waals surface area (Å²) < 4.78 is 5.85. The lowest BCUT2D eigenvalue weighted by Gasteiger charge is -2.47. The molecule has 2 fully saturated rings. The second-order valence-corrected chi connectivity index (χ2v) is 6.86. The van der Waals surface area contributed by atoms with Gasteiger partial charge in [-0.15, -0.1) is 0 Å². The van der Waals surface area contributed by atoms with Crippen molar-refractivity contribution in [3.63, 3.8) is 0 Å². The number of nitrogens with zero attached hydrogens (tertiary/aromatic N) is 1. The van der Waals surface area contributed by atoms with Crippen molar-refractivity contribution in [2.24, 2.45) is 11.7 Å². The molecule has 20 heavy (non-hydrogen) atoms. The van der Waals surface area contributed by atoms with E-state index in [1.54, 1.807) is 0 Å². The molecule has 1 aliphatic carbocycles. The quantitative estimate of drug-likeness (QED) is 0.787. The summed E-state index contributed by atoms with van der Waals surface area (Å²) in [6, 6.07) is 0. The van der Waals surface area contributed by atoms with E-state index in [0.717, 1.165) is 38.6 Å². The Kier molecular flexibility index (Phi) is 6.31. The largest absolute Gasteiger partial charge is 0.376 e. The van der Waals surface area contributed by atoms with E-state index in [-0.39, 0.29) is 5.54 Å². The highest BCUT2D eigenvalue weighted by atomic mass is 16.5. The summed E-state index contributed by atoms with van der Waals surface area (Å²) in [6.45, 7) is 8.42. The number of hydrogen-bond acceptors (Lipinski definition) is 3. The fraction of sp³-hybridized carbons (Fsp3) is 1.00. The van der Waals surface area contributed by atoms with Crippen molar-refractivity contribution < 1.29 is 4.74 Å². The molecule has 2 N–H and O–H groups in total. The SMILES string of the molecule is CCCC1CCCC(CN)(N2CCOC(CC)C2)CC1. The van der Waals surface area contributed by atoms with Crippen LogP contribution in [0.4, 0.5) is 0 Å². The molecular formula is C17H34N2O. The third-order valence-corrected chi connectivity index (χ3v) is 5.61. The maximum absolute atomic E-state index is 6.26. The molecule has 1 saturated carbocycles. The number of ether oxygens (including phenoxy) is 1. The number of nitrogens with two attached hydrogens (primary N) is 1. The zero-order valence-electron chi connectivity index (χ0n) is 13.6. The van der Waals surface area contributed by atoms with Crippen LogP contribution in [0.2, 0.25) is 0 Å². The first kappa shape index (κ1) is 16.3. The fourth-order valence-corrected chi connectivity index (χ4v) is 4.21. The molecule has 3 atom stereocenters. The summed E-state index contributed by atoms with van der Waals surface area (Å²) in [6.07, 6.45) is 11.0. The van der Waals surface area contributed by atoms with Gasteiger partial charge in [-0.3, -0.25) is 4.90 Å². The lowest BCUT2D eigenvalue weighted by molar-refractivity contribution is -0.0732. The van der Waals surface area contributed by atoms with Crippen LogP contribution >= 0.6 is 0 Å². The van der Waals surface area contributed by atoms with Gasteiger partial charge in [-0.05, 0) is 31.6 Å². The molecule has 0 amide bonds. The van der Waals surface area contributed by atoms with Crippen LogP contribution in [-0.2, 0) is 4.74 Å². The molecule has 118 valence electrons. The Balaban J connectivity index is 2.01. The Morgan fingerprint density at radius 3 is 2.80 bits per heavy atom. The lowest BCUT2D eigenvalue weighted by atomic mass is 9.86. The molecule has 3 nitrogen and oxygen atoms in total. The van der Waals surface area contributed by atoms with Crippen LogP contribution in [0, 0.1) is 5.92 Å². The van der Waals surface area contributed by atoms with Crippen molar-refractivity contribution in [2.45, 2.75) is 76.9 Å². The molecule has 0 aromatic rings. The summed E-state index contributed by atoms with van der Waals surface area (Å²) in [7, 11) is 0. The minimum absolute atomic E-state index is 0.264. The van der Waals surface area contributed by atoms with E-state index >= 15 is 0 Å². The van der Waals surface area contributed by atoms with Gasteiger partial charge in [0, 0.05) is 25.2 Å². The first-order chi connectivity index (χ1) is 9.74. The topological polar surface area (TPSA) is 38.5 Å². The van der Waals surface area contributed by atoms with Gasteiger partial charge in [-0.1, -0.05) is 39.5 Å². The second kappa shape index (κ2) is 7.77. The Labute approximate surface area is 125 Å². The Hall–Kier alpha value is -0.120. The first-order valence-corrected chi connectivity index (χ1v) is 8.80. The van der Waals surface area contributed by atoms with Crippen LogP contribution in [0.15, 0.2) is 0 Å². The number of hydrogen-bond donors (Lipinski definition) is 1. The van der Waals surface area contributed by atoms with Gasteiger partial charge in [0.25, 0.3) is 0 Å². The van der Waals surface area contributed by atoms with Crippen molar-refractivity contribution in [3.8, 4) is 0 Å². The summed E-state index contributed by atoms with van der Waals surface area (Å²) in [5.41, 5.74) is 6.53. The van der Waals surface area contributed by atoms with Gasteiger partial charge >= 0.3 is 0 Å². The Morgan fingerprint density at radius 2 is 2.10 bits per heavy atom. The normalized spacial score (nSPS) is 36.8. The van der Waals surface area contributed by atoms with E-state index in [9.17, 15) is 0 Å². The van der Waals surface area contributed by atoms with Crippen molar-refractivity contribution in [3.05, 3.63) is 0 Å². The van der Waals surface area contributed by atoms with Crippen LogP contribution in [0.3, 0.4) is 0 Å². The molecule has 0 aromatic carbocycles. The Morgan fingerprint density at radius 1 is 1.25 bits per heavy atom. The zero-order valence-corrected chi connectivity index (χ0v) is 13.6. The smallest absolute Gasteiger partial charge is 0.0700 e. The third-order valence-electron chi connectivity index (χ3n) is 5.61.